The van der Waals surface area contributed by atoms with Gasteiger partial charge in [0.25, 0.3) is 0 Å². The Morgan fingerprint density at radius 3 is 2.60 bits per heavy atom. The lowest BCUT2D eigenvalue weighted by Crippen LogP contribution is -2.37. The molecule has 1 unspecified atom stereocenters. The van der Waals surface area contributed by atoms with Crippen LogP contribution in [0.3, 0.4) is 0 Å². The zero-order chi connectivity index (χ0) is 11.9. The van der Waals surface area contributed by atoms with E-state index in [1.165, 1.54) is 6.92 Å². The van der Waals surface area contributed by atoms with Crippen LogP contribution in [-0.2, 0) is 19.6 Å². The molecule has 90 valence electrons. The second-order valence-corrected chi connectivity index (χ2v) is 4.95. The summed E-state index contributed by atoms with van der Waals surface area (Å²) < 4.78 is 29.4. The molecular weight excluding hydrogens is 222 g/mol. The topological polar surface area (TPSA) is 92.7 Å². The van der Waals surface area contributed by atoms with Crippen LogP contribution in [0.5, 0.6) is 0 Å². The maximum Gasteiger partial charge on any atom is 0.306 e. The number of aliphatic hydroxyl groups excluding tert-OH is 1. The molecule has 0 aromatic rings. The molecule has 0 aliphatic heterocycles. The summed E-state index contributed by atoms with van der Waals surface area (Å²) >= 11 is 0. The van der Waals surface area contributed by atoms with Crippen LogP contribution in [0.25, 0.3) is 0 Å². The maximum absolute atomic E-state index is 11.3. The normalized spacial score (nSPS) is 13.5. The maximum atomic E-state index is 11.3. The number of hydrogen-bond donors (Lipinski definition) is 2. The van der Waals surface area contributed by atoms with E-state index in [1.807, 2.05) is 0 Å². The van der Waals surface area contributed by atoms with Crippen molar-refractivity contribution in [3.63, 3.8) is 0 Å². The summed E-state index contributed by atoms with van der Waals surface area (Å²) in [4.78, 5) is 10.9. The Hall–Kier alpha value is -0.660. The minimum atomic E-state index is -3.52. The van der Waals surface area contributed by atoms with Crippen molar-refractivity contribution in [3.8, 4) is 0 Å². The smallest absolute Gasteiger partial charge is 0.306 e. The predicted molar refractivity (Wildman–Crippen MR) is 54.7 cm³/mol. The molecule has 0 saturated carbocycles. The van der Waals surface area contributed by atoms with Crippen LogP contribution in [0.15, 0.2) is 0 Å². The number of rotatable bonds is 7. The fourth-order valence-electron chi connectivity index (χ4n) is 0.854. The monoisotopic (exact) mass is 239 g/mol. The van der Waals surface area contributed by atoms with Crippen molar-refractivity contribution in [2.45, 2.75) is 26.3 Å². The summed E-state index contributed by atoms with van der Waals surface area (Å²) in [6.07, 6.45) is -0.179. The van der Waals surface area contributed by atoms with Crippen molar-refractivity contribution in [3.05, 3.63) is 0 Å². The molecule has 1 atom stereocenters. The van der Waals surface area contributed by atoms with Crippen LogP contribution in [0.4, 0.5) is 0 Å². The van der Waals surface area contributed by atoms with E-state index in [0.717, 1.165) is 0 Å². The van der Waals surface area contributed by atoms with Gasteiger partial charge in [-0.05, 0) is 13.8 Å². The first-order valence-electron chi connectivity index (χ1n) is 4.67. The minimum Gasteiger partial charge on any atom is -0.466 e. The van der Waals surface area contributed by atoms with E-state index >= 15 is 0 Å². The molecule has 0 fully saturated rings. The average Bonchev–Trinajstić information content (AvgIpc) is 2.15. The summed E-state index contributed by atoms with van der Waals surface area (Å²) in [5.74, 6) is -0.865. The van der Waals surface area contributed by atoms with E-state index in [2.05, 4.69) is 9.46 Å². The lowest BCUT2D eigenvalue weighted by molar-refractivity contribution is -0.142. The quantitative estimate of drug-likeness (QED) is 0.570. The van der Waals surface area contributed by atoms with Crippen LogP contribution in [0.1, 0.15) is 20.3 Å². The molecule has 0 radical (unpaired) electrons. The van der Waals surface area contributed by atoms with Gasteiger partial charge < -0.3 is 9.84 Å². The molecule has 0 amide bonds. The molecule has 15 heavy (non-hydrogen) atoms. The number of ether oxygens (including phenoxy) is 1. The highest BCUT2D eigenvalue weighted by atomic mass is 32.2. The first kappa shape index (κ1) is 14.3. The van der Waals surface area contributed by atoms with Crippen molar-refractivity contribution in [1.29, 1.82) is 0 Å². The standard InChI is InChI=1S/C8H17NO5S/c1-3-14-8(11)4-5-15(12,13)9-7(2)6-10/h7,9-10H,3-6H2,1-2H3. The van der Waals surface area contributed by atoms with E-state index in [4.69, 9.17) is 5.11 Å². The van der Waals surface area contributed by atoms with E-state index in [1.54, 1.807) is 6.92 Å². The second kappa shape index (κ2) is 6.76. The highest BCUT2D eigenvalue weighted by Gasteiger charge is 2.16. The van der Waals surface area contributed by atoms with E-state index < -0.39 is 22.0 Å². The molecule has 0 heterocycles. The zero-order valence-corrected chi connectivity index (χ0v) is 9.71. The van der Waals surface area contributed by atoms with Crippen molar-refractivity contribution >= 4 is 16.0 Å². The summed E-state index contributed by atoms with van der Waals surface area (Å²) in [6.45, 7) is 3.14. The number of carbonyl (C=O) groups excluding carboxylic acids is 1. The van der Waals surface area contributed by atoms with Gasteiger partial charge in [-0.15, -0.1) is 0 Å². The molecular formula is C8H17NO5S. The third-order valence-electron chi connectivity index (χ3n) is 1.53. The van der Waals surface area contributed by atoms with Gasteiger partial charge in [-0.1, -0.05) is 0 Å². The van der Waals surface area contributed by atoms with Gasteiger partial charge in [-0.3, -0.25) is 4.79 Å². The molecule has 0 spiro atoms. The molecule has 0 saturated heterocycles. The van der Waals surface area contributed by atoms with Crippen molar-refractivity contribution in [2.24, 2.45) is 0 Å². The average molecular weight is 239 g/mol. The third-order valence-corrected chi connectivity index (χ3v) is 3.04. The fraction of sp³-hybridized carbons (Fsp3) is 0.875. The van der Waals surface area contributed by atoms with Crippen LogP contribution >= 0.6 is 0 Å². The van der Waals surface area contributed by atoms with Gasteiger partial charge in [-0.2, -0.15) is 0 Å². The van der Waals surface area contributed by atoms with Crippen LogP contribution in [-0.4, -0.2) is 44.5 Å². The first-order valence-corrected chi connectivity index (χ1v) is 6.33. The highest BCUT2D eigenvalue weighted by Crippen LogP contribution is 1.94. The molecule has 0 bridgehead atoms. The van der Waals surface area contributed by atoms with E-state index in [-0.39, 0.29) is 25.4 Å². The Balaban J connectivity index is 3.99. The Kier molecular flexibility index (Phi) is 6.46. The van der Waals surface area contributed by atoms with Gasteiger partial charge in [0.2, 0.25) is 10.0 Å². The van der Waals surface area contributed by atoms with Gasteiger partial charge in [0.05, 0.1) is 25.4 Å². The molecule has 0 aliphatic carbocycles. The Morgan fingerprint density at radius 1 is 1.53 bits per heavy atom. The van der Waals surface area contributed by atoms with Crippen LogP contribution in [0.2, 0.25) is 0 Å². The van der Waals surface area contributed by atoms with E-state index in [0.29, 0.717) is 0 Å². The molecule has 7 heteroatoms. The van der Waals surface area contributed by atoms with Gasteiger partial charge in [0, 0.05) is 6.04 Å². The SMILES string of the molecule is CCOC(=O)CCS(=O)(=O)NC(C)CO. The van der Waals surface area contributed by atoms with Gasteiger partial charge in [0.15, 0.2) is 0 Å². The van der Waals surface area contributed by atoms with Gasteiger partial charge in [0.1, 0.15) is 0 Å². The summed E-state index contributed by atoms with van der Waals surface area (Å²) in [5.41, 5.74) is 0. The number of sulfonamides is 1. The van der Waals surface area contributed by atoms with Crippen molar-refractivity contribution in [1.82, 2.24) is 4.72 Å². The molecule has 6 nitrogen and oxygen atoms in total. The lowest BCUT2D eigenvalue weighted by atomic mass is 10.4. The van der Waals surface area contributed by atoms with E-state index in [9.17, 15) is 13.2 Å². The highest BCUT2D eigenvalue weighted by molar-refractivity contribution is 7.89. The molecule has 2 N–H and O–H groups in total. The Labute approximate surface area is 89.7 Å². The van der Waals surface area contributed by atoms with Crippen LogP contribution < -0.4 is 4.72 Å². The number of hydrogen-bond acceptors (Lipinski definition) is 5. The number of nitrogens with one attached hydrogen (secondary N) is 1. The fourth-order valence-corrected chi connectivity index (χ4v) is 2.09. The number of carbonyl (C=O) groups is 1. The summed E-state index contributed by atoms with van der Waals surface area (Å²) in [5, 5.41) is 8.64. The van der Waals surface area contributed by atoms with Gasteiger partial charge >= 0.3 is 5.97 Å². The molecule has 0 aliphatic rings. The van der Waals surface area contributed by atoms with Crippen molar-refractivity contribution < 1.29 is 23.1 Å². The second-order valence-electron chi connectivity index (χ2n) is 3.08. The predicted octanol–water partition coefficient (Wildman–Crippen LogP) is -0.760. The summed E-state index contributed by atoms with van der Waals surface area (Å²) in [6, 6.07) is -0.544. The minimum absolute atomic E-state index is 0.179. The largest absolute Gasteiger partial charge is 0.466 e. The molecule has 0 rings (SSSR count). The lowest BCUT2D eigenvalue weighted by Gasteiger charge is -2.10. The Morgan fingerprint density at radius 2 is 2.13 bits per heavy atom. The van der Waals surface area contributed by atoms with Crippen LogP contribution in [0, 0.1) is 0 Å². The zero-order valence-electron chi connectivity index (χ0n) is 8.89. The molecule has 0 aromatic heterocycles. The first-order chi connectivity index (χ1) is 6.91. The third kappa shape index (κ3) is 7.29. The molecule has 0 aromatic carbocycles. The Bertz CT molecular complexity index is 287. The van der Waals surface area contributed by atoms with Gasteiger partial charge in [-0.25, -0.2) is 13.1 Å². The summed E-state index contributed by atoms with van der Waals surface area (Å²) in [7, 11) is -3.52. The van der Waals surface area contributed by atoms with Crippen molar-refractivity contribution in [2.75, 3.05) is 19.0 Å². The number of esters is 1. The number of aliphatic hydroxyl groups is 1.